The first-order valence-corrected chi connectivity index (χ1v) is 12.9. The molecule has 0 aromatic heterocycles. The highest BCUT2D eigenvalue weighted by Gasteiger charge is 2.41. The van der Waals surface area contributed by atoms with E-state index in [-0.39, 0.29) is 48.0 Å². The average Bonchev–Trinajstić information content (AvgIpc) is 3.21. The van der Waals surface area contributed by atoms with Gasteiger partial charge in [-0.3, -0.25) is 28.9 Å². The number of carbonyl (C=O) groups is 6. The summed E-state index contributed by atoms with van der Waals surface area (Å²) in [5, 5.41) is 0.640. The predicted molar refractivity (Wildman–Crippen MR) is 118 cm³/mol. The molecule has 1 aliphatic carbocycles. The van der Waals surface area contributed by atoms with Gasteiger partial charge in [0.1, 0.15) is 0 Å². The molecule has 4 amide bonds. The minimum atomic E-state index is -0.578. The van der Waals surface area contributed by atoms with Crippen LogP contribution in [0.25, 0.3) is 0 Å². The lowest BCUT2D eigenvalue weighted by Crippen LogP contribution is -2.39. The Morgan fingerprint density at radius 1 is 1.00 bits per heavy atom. The topological polar surface area (TPSA) is 118 Å². The number of amides is 4. The van der Waals surface area contributed by atoms with Gasteiger partial charge in [-0.05, 0) is 31.6 Å². The minimum Gasteiger partial charge on any atom is -0.330 e. The summed E-state index contributed by atoms with van der Waals surface area (Å²) >= 11 is 2.51. The number of hydroxylamine groups is 2. The van der Waals surface area contributed by atoms with E-state index < -0.39 is 29.0 Å². The largest absolute Gasteiger partial charge is 0.336 e. The van der Waals surface area contributed by atoms with Crippen LogP contribution < -0.4 is 0 Å². The number of imide groups is 2. The maximum atomic E-state index is 12.7. The first-order valence-electron chi connectivity index (χ1n) is 10.9. The third-order valence-electron chi connectivity index (χ3n) is 5.95. The smallest absolute Gasteiger partial charge is 0.330 e. The van der Waals surface area contributed by atoms with Crippen LogP contribution in [-0.2, 0) is 33.6 Å². The van der Waals surface area contributed by atoms with E-state index in [1.165, 1.54) is 28.4 Å². The quantitative estimate of drug-likeness (QED) is 0.377. The minimum absolute atomic E-state index is 0.0583. The zero-order valence-electron chi connectivity index (χ0n) is 18.2. The molecule has 2 saturated heterocycles. The second-order valence-electron chi connectivity index (χ2n) is 8.65. The molecule has 2 heterocycles. The lowest BCUT2D eigenvalue weighted by Gasteiger charge is -2.30. The monoisotopic (exact) mass is 484 g/mol. The maximum absolute atomic E-state index is 12.7. The number of hydrogen-bond acceptors (Lipinski definition) is 9. The summed E-state index contributed by atoms with van der Waals surface area (Å²) in [5.41, 5.74) is 0. The van der Waals surface area contributed by atoms with E-state index in [4.69, 9.17) is 4.84 Å². The summed E-state index contributed by atoms with van der Waals surface area (Å²) in [6.07, 6.45) is 2.60. The summed E-state index contributed by atoms with van der Waals surface area (Å²) in [5.74, 6) is -2.35. The second-order valence-corrected chi connectivity index (χ2v) is 11.2. The zero-order valence-corrected chi connectivity index (χ0v) is 19.9. The van der Waals surface area contributed by atoms with Gasteiger partial charge in [0.25, 0.3) is 11.8 Å². The van der Waals surface area contributed by atoms with Crippen molar-refractivity contribution in [2.24, 2.45) is 17.8 Å². The molecule has 0 aromatic rings. The highest BCUT2D eigenvalue weighted by atomic mass is 32.2. The van der Waals surface area contributed by atoms with E-state index in [0.717, 1.165) is 0 Å². The normalized spacial score (nSPS) is 26.4. The van der Waals surface area contributed by atoms with Crippen molar-refractivity contribution in [3.05, 3.63) is 0 Å². The summed E-state index contributed by atoms with van der Waals surface area (Å²) in [6.45, 7) is 3.98. The lowest BCUT2D eigenvalue weighted by molar-refractivity contribution is -0.201. The van der Waals surface area contributed by atoms with Gasteiger partial charge in [0.15, 0.2) is 5.12 Å². The summed E-state index contributed by atoms with van der Waals surface area (Å²) < 4.78 is 0. The van der Waals surface area contributed by atoms with Crippen molar-refractivity contribution >= 4 is 58.2 Å². The Labute approximate surface area is 195 Å². The highest BCUT2D eigenvalue weighted by Crippen LogP contribution is 2.34. The van der Waals surface area contributed by atoms with E-state index >= 15 is 0 Å². The van der Waals surface area contributed by atoms with Gasteiger partial charge in [0.05, 0.1) is 11.2 Å². The fourth-order valence-corrected chi connectivity index (χ4v) is 6.23. The van der Waals surface area contributed by atoms with Crippen molar-refractivity contribution in [2.45, 2.75) is 64.0 Å². The standard InChI is InChI=1S/C21H28N2O7S2/c1-12(2)21(29)32-11-31-15-9-18(26)22(19(15)27)10-13-3-5-14(6-4-13)20(28)30-23-16(24)7-8-17(23)25/h12-15H,3-11H2,1-2H3. The van der Waals surface area contributed by atoms with E-state index in [2.05, 4.69) is 0 Å². The third-order valence-corrected chi connectivity index (χ3v) is 8.49. The Morgan fingerprint density at radius 3 is 2.22 bits per heavy atom. The first-order chi connectivity index (χ1) is 15.2. The van der Waals surface area contributed by atoms with E-state index in [0.29, 0.717) is 42.4 Å². The van der Waals surface area contributed by atoms with Gasteiger partial charge in [0, 0.05) is 36.8 Å². The third kappa shape index (κ3) is 5.92. The molecule has 32 heavy (non-hydrogen) atoms. The number of thioether (sulfide) groups is 2. The Balaban J connectivity index is 1.42. The number of carbonyl (C=O) groups excluding carboxylic acids is 6. The van der Waals surface area contributed by atoms with Crippen LogP contribution in [-0.4, -0.2) is 61.6 Å². The highest BCUT2D eigenvalue weighted by molar-refractivity contribution is 8.24. The Morgan fingerprint density at radius 2 is 1.62 bits per heavy atom. The molecule has 11 heteroatoms. The first kappa shape index (κ1) is 24.8. The van der Waals surface area contributed by atoms with Gasteiger partial charge in [-0.1, -0.05) is 25.6 Å². The summed E-state index contributed by atoms with van der Waals surface area (Å²) in [4.78, 5) is 78.6. The lowest BCUT2D eigenvalue weighted by atomic mass is 9.82. The molecule has 1 unspecified atom stereocenters. The molecular weight excluding hydrogens is 456 g/mol. The SMILES string of the molecule is CC(C)C(=O)SCSC1CC(=O)N(CC2CCC(C(=O)ON3C(=O)CCC3=O)CC2)C1=O. The summed E-state index contributed by atoms with van der Waals surface area (Å²) in [7, 11) is 0. The fourth-order valence-electron chi connectivity index (χ4n) is 3.98. The van der Waals surface area contributed by atoms with Gasteiger partial charge in [-0.15, -0.1) is 16.8 Å². The fraction of sp³-hybridized carbons (Fsp3) is 0.714. The van der Waals surface area contributed by atoms with Crippen LogP contribution in [0.4, 0.5) is 0 Å². The van der Waals surface area contributed by atoms with Crippen molar-refractivity contribution in [1.29, 1.82) is 0 Å². The molecule has 0 radical (unpaired) electrons. The van der Waals surface area contributed by atoms with Crippen molar-refractivity contribution in [3.63, 3.8) is 0 Å². The van der Waals surface area contributed by atoms with Gasteiger partial charge in [-0.25, -0.2) is 4.79 Å². The van der Waals surface area contributed by atoms with Crippen molar-refractivity contribution in [1.82, 2.24) is 9.96 Å². The van der Waals surface area contributed by atoms with Crippen LogP contribution >= 0.6 is 23.5 Å². The molecule has 3 fully saturated rings. The molecule has 1 atom stereocenters. The molecule has 2 aliphatic heterocycles. The van der Waals surface area contributed by atoms with Crippen LogP contribution in [0.2, 0.25) is 0 Å². The van der Waals surface area contributed by atoms with Crippen LogP contribution in [0.1, 0.15) is 58.8 Å². The number of nitrogens with zero attached hydrogens (tertiary/aromatic N) is 2. The number of likely N-dealkylation sites (tertiary alicyclic amines) is 1. The van der Waals surface area contributed by atoms with E-state index in [1.807, 2.05) is 13.8 Å². The van der Waals surface area contributed by atoms with Crippen LogP contribution in [0.3, 0.4) is 0 Å². The molecule has 9 nitrogen and oxygen atoms in total. The zero-order chi connectivity index (χ0) is 23.4. The van der Waals surface area contributed by atoms with Crippen LogP contribution in [0.15, 0.2) is 0 Å². The number of rotatable bonds is 8. The van der Waals surface area contributed by atoms with Gasteiger partial charge < -0.3 is 4.84 Å². The molecule has 1 saturated carbocycles. The molecule has 0 aromatic carbocycles. The predicted octanol–water partition coefficient (Wildman–Crippen LogP) is 2.13. The molecule has 176 valence electrons. The molecule has 0 N–H and O–H groups in total. The Hall–Kier alpha value is -1.88. The van der Waals surface area contributed by atoms with Gasteiger partial charge >= 0.3 is 5.97 Å². The Kier molecular flexibility index (Phi) is 8.37. The molecule has 0 spiro atoms. The van der Waals surface area contributed by atoms with E-state index in [9.17, 15) is 28.8 Å². The van der Waals surface area contributed by atoms with Gasteiger partial charge in [0.2, 0.25) is 11.8 Å². The van der Waals surface area contributed by atoms with E-state index in [1.54, 1.807) is 0 Å². The van der Waals surface area contributed by atoms with Crippen molar-refractivity contribution < 1.29 is 33.6 Å². The number of hydrogen-bond donors (Lipinski definition) is 0. The Bertz CT molecular complexity index is 792. The molecule has 3 aliphatic rings. The van der Waals surface area contributed by atoms with Gasteiger partial charge in [-0.2, -0.15) is 0 Å². The van der Waals surface area contributed by atoms with Crippen LogP contribution in [0.5, 0.6) is 0 Å². The van der Waals surface area contributed by atoms with Crippen molar-refractivity contribution in [3.8, 4) is 0 Å². The maximum Gasteiger partial charge on any atom is 0.336 e. The van der Waals surface area contributed by atoms with Crippen molar-refractivity contribution in [2.75, 3.05) is 11.6 Å². The molecule has 0 bridgehead atoms. The van der Waals surface area contributed by atoms with Crippen LogP contribution in [0, 0.1) is 17.8 Å². The molecule has 3 rings (SSSR count). The second kappa shape index (κ2) is 10.8. The summed E-state index contributed by atoms with van der Waals surface area (Å²) in [6, 6.07) is 0. The average molecular weight is 485 g/mol. The molecular formula is C21H28N2O7S2.